The van der Waals surface area contributed by atoms with Crippen LogP contribution in [0.15, 0.2) is 0 Å². The predicted octanol–water partition coefficient (Wildman–Crippen LogP) is 2.00. The maximum absolute atomic E-state index is 11.6. The van der Waals surface area contributed by atoms with Crippen molar-refractivity contribution in [2.24, 2.45) is 5.90 Å². The van der Waals surface area contributed by atoms with Gasteiger partial charge in [0, 0.05) is 6.42 Å². The van der Waals surface area contributed by atoms with Crippen LogP contribution in [0.5, 0.6) is 0 Å². The van der Waals surface area contributed by atoms with E-state index in [9.17, 15) is 13.2 Å². The van der Waals surface area contributed by atoms with Crippen molar-refractivity contribution in [1.82, 2.24) is 0 Å². The van der Waals surface area contributed by atoms with Crippen molar-refractivity contribution in [2.45, 2.75) is 38.5 Å². The van der Waals surface area contributed by atoms with E-state index in [1.54, 1.807) is 0 Å². The van der Waals surface area contributed by atoms with Crippen molar-refractivity contribution in [1.29, 1.82) is 0 Å². The number of alkyl halides is 3. The first-order chi connectivity index (χ1) is 4.77. The lowest BCUT2D eigenvalue weighted by molar-refractivity contribution is -0.149. The number of rotatable bonds is 3. The van der Waals surface area contributed by atoms with Crippen molar-refractivity contribution in [2.75, 3.05) is 0 Å². The Labute approximate surface area is 63.5 Å². The molecule has 68 valence electrons. The second-order valence-electron chi connectivity index (χ2n) is 2.99. The Kier molecular flexibility index (Phi) is 3.31. The minimum absolute atomic E-state index is 0.118. The number of hydrogen-bond donors (Lipinski definition) is 1. The van der Waals surface area contributed by atoms with Crippen molar-refractivity contribution >= 4 is 0 Å². The van der Waals surface area contributed by atoms with Gasteiger partial charge in [-0.3, -0.25) is 4.84 Å². The van der Waals surface area contributed by atoms with E-state index in [0.29, 0.717) is 0 Å². The van der Waals surface area contributed by atoms with E-state index in [-0.39, 0.29) is 6.42 Å². The molecule has 0 aliphatic heterocycles. The Morgan fingerprint density at radius 1 is 1.18 bits per heavy atom. The number of halogens is 3. The summed E-state index contributed by atoms with van der Waals surface area (Å²) in [5, 5.41) is 0. The molecule has 0 atom stereocenters. The van der Waals surface area contributed by atoms with Crippen molar-refractivity contribution < 1.29 is 18.0 Å². The van der Waals surface area contributed by atoms with Gasteiger partial charge in [0.1, 0.15) is 0 Å². The molecule has 0 heterocycles. The summed E-state index contributed by atoms with van der Waals surface area (Å²) in [7, 11) is 0. The Balaban J connectivity index is 3.70. The number of hydrogen-bond acceptors (Lipinski definition) is 2. The van der Waals surface area contributed by atoms with Crippen LogP contribution in [-0.2, 0) is 4.84 Å². The fourth-order valence-electron chi connectivity index (χ4n) is 0.502. The minimum atomic E-state index is -4.13. The van der Waals surface area contributed by atoms with Gasteiger partial charge in [-0.1, -0.05) is 0 Å². The van der Waals surface area contributed by atoms with Crippen LogP contribution in [0.4, 0.5) is 13.2 Å². The molecule has 0 unspecified atom stereocenters. The van der Waals surface area contributed by atoms with E-state index < -0.39 is 18.2 Å². The molecule has 0 aromatic rings. The average molecular weight is 171 g/mol. The first-order valence-corrected chi connectivity index (χ1v) is 3.21. The van der Waals surface area contributed by atoms with Crippen LogP contribution in [0.1, 0.15) is 26.7 Å². The molecule has 0 radical (unpaired) electrons. The first kappa shape index (κ1) is 10.7. The normalized spacial score (nSPS) is 13.6. The first-order valence-electron chi connectivity index (χ1n) is 3.21. The van der Waals surface area contributed by atoms with Crippen LogP contribution in [0.2, 0.25) is 0 Å². The molecule has 0 saturated heterocycles. The second kappa shape index (κ2) is 3.40. The fraction of sp³-hybridized carbons (Fsp3) is 1.00. The van der Waals surface area contributed by atoms with Gasteiger partial charge in [0.15, 0.2) is 0 Å². The monoisotopic (exact) mass is 171 g/mol. The largest absolute Gasteiger partial charge is 0.389 e. The molecule has 0 fully saturated rings. The number of nitrogens with two attached hydrogens (primary N) is 1. The zero-order chi connectivity index (χ0) is 9.12. The van der Waals surface area contributed by atoms with Crippen LogP contribution >= 0.6 is 0 Å². The van der Waals surface area contributed by atoms with Crippen LogP contribution < -0.4 is 5.90 Å². The molecule has 0 aliphatic rings. The zero-order valence-corrected chi connectivity index (χ0v) is 6.53. The van der Waals surface area contributed by atoms with Gasteiger partial charge in [-0.05, 0) is 20.3 Å². The average Bonchev–Trinajstić information content (AvgIpc) is 1.83. The van der Waals surface area contributed by atoms with E-state index in [1.165, 1.54) is 13.8 Å². The van der Waals surface area contributed by atoms with Crippen molar-refractivity contribution in [3.8, 4) is 0 Å². The Morgan fingerprint density at radius 2 is 1.64 bits per heavy atom. The SMILES string of the molecule is CC(C)(CCC(F)(F)F)ON. The van der Waals surface area contributed by atoms with Gasteiger partial charge in [0.25, 0.3) is 0 Å². The van der Waals surface area contributed by atoms with E-state index in [1.807, 2.05) is 0 Å². The molecule has 0 saturated carbocycles. The molecule has 0 amide bonds. The molecular formula is C6H12F3NO. The summed E-state index contributed by atoms with van der Waals surface area (Å²) < 4.78 is 34.9. The van der Waals surface area contributed by atoms with Gasteiger partial charge >= 0.3 is 6.18 Å². The van der Waals surface area contributed by atoms with Gasteiger partial charge < -0.3 is 0 Å². The van der Waals surface area contributed by atoms with Crippen molar-refractivity contribution in [3.63, 3.8) is 0 Å². The Morgan fingerprint density at radius 3 is 1.91 bits per heavy atom. The maximum atomic E-state index is 11.6. The third-order valence-electron chi connectivity index (χ3n) is 1.33. The zero-order valence-electron chi connectivity index (χ0n) is 6.53. The van der Waals surface area contributed by atoms with Crippen LogP contribution in [-0.4, -0.2) is 11.8 Å². The van der Waals surface area contributed by atoms with Crippen LogP contribution in [0.3, 0.4) is 0 Å². The highest BCUT2D eigenvalue weighted by atomic mass is 19.4. The van der Waals surface area contributed by atoms with E-state index in [0.717, 1.165) is 0 Å². The summed E-state index contributed by atoms with van der Waals surface area (Å²) >= 11 is 0. The molecule has 5 heteroatoms. The molecule has 2 nitrogen and oxygen atoms in total. The van der Waals surface area contributed by atoms with Gasteiger partial charge in [0.05, 0.1) is 5.60 Å². The van der Waals surface area contributed by atoms with Gasteiger partial charge in [-0.25, -0.2) is 5.90 Å². The van der Waals surface area contributed by atoms with Crippen LogP contribution in [0.25, 0.3) is 0 Å². The molecule has 0 spiro atoms. The Bertz CT molecular complexity index is 121. The molecule has 0 aromatic heterocycles. The third kappa shape index (κ3) is 6.12. The van der Waals surface area contributed by atoms with E-state index in [4.69, 9.17) is 5.90 Å². The summed E-state index contributed by atoms with van der Waals surface area (Å²) in [4.78, 5) is 4.33. The Hall–Kier alpha value is -0.290. The molecule has 0 rings (SSSR count). The van der Waals surface area contributed by atoms with E-state index in [2.05, 4.69) is 4.84 Å². The maximum Gasteiger partial charge on any atom is 0.389 e. The molecule has 0 aliphatic carbocycles. The van der Waals surface area contributed by atoms with Gasteiger partial charge in [0.2, 0.25) is 0 Å². The molecule has 0 aromatic carbocycles. The lowest BCUT2D eigenvalue weighted by atomic mass is 10.0. The highest BCUT2D eigenvalue weighted by Gasteiger charge is 2.31. The van der Waals surface area contributed by atoms with E-state index >= 15 is 0 Å². The molecule has 2 N–H and O–H groups in total. The second-order valence-corrected chi connectivity index (χ2v) is 2.99. The van der Waals surface area contributed by atoms with Crippen molar-refractivity contribution in [3.05, 3.63) is 0 Å². The highest BCUT2D eigenvalue weighted by Crippen LogP contribution is 2.26. The lowest BCUT2D eigenvalue weighted by Gasteiger charge is -2.21. The predicted molar refractivity (Wildman–Crippen MR) is 34.6 cm³/mol. The molecule has 0 bridgehead atoms. The quantitative estimate of drug-likeness (QED) is 0.659. The molecule has 11 heavy (non-hydrogen) atoms. The van der Waals surface area contributed by atoms with Gasteiger partial charge in [-0.2, -0.15) is 13.2 Å². The summed E-state index contributed by atoms with van der Waals surface area (Å²) in [6, 6.07) is 0. The third-order valence-corrected chi connectivity index (χ3v) is 1.33. The highest BCUT2D eigenvalue weighted by molar-refractivity contribution is 4.69. The lowest BCUT2D eigenvalue weighted by Crippen LogP contribution is -2.29. The summed E-state index contributed by atoms with van der Waals surface area (Å²) in [6.07, 6.45) is -5.11. The molecular weight excluding hydrogens is 159 g/mol. The summed E-state index contributed by atoms with van der Waals surface area (Å²) in [5.41, 5.74) is -0.893. The fourth-order valence-corrected chi connectivity index (χ4v) is 0.502. The topological polar surface area (TPSA) is 35.2 Å². The van der Waals surface area contributed by atoms with Gasteiger partial charge in [-0.15, -0.1) is 0 Å². The smallest absolute Gasteiger partial charge is 0.299 e. The standard InChI is InChI=1S/C6H12F3NO/c1-5(2,11-10)3-4-6(7,8)9/h3-4,10H2,1-2H3. The summed E-state index contributed by atoms with van der Waals surface area (Å²) in [5.74, 6) is 4.77. The minimum Gasteiger partial charge on any atom is -0.299 e. The summed E-state index contributed by atoms with van der Waals surface area (Å²) in [6.45, 7) is 3.03. The van der Waals surface area contributed by atoms with Crippen LogP contribution in [0, 0.1) is 0 Å².